The number of rotatable bonds is 6. The van der Waals surface area contributed by atoms with Crippen molar-refractivity contribution in [3.8, 4) is 5.75 Å². The zero-order chi connectivity index (χ0) is 22.7. The number of ketones is 1. The summed E-state index contributed by atoms with van der Waals surface area (Å²) in [4.78, 5) is 38.5. The Kier molecular flexibility index (Phi) is 6.31. The molecule has 2 fully saturated rings. The molecule has 2 N–H and O–H groups in total. The van der Waals surface area contributed by atoms with E-state index in [9.17, 15) is 14.4 Å². The summed E-state index contributed by atoms with van der Waals surface area (Å²) in [6, 6.07) is 15.1. The molecule has 1 heterocycles. The molecule has 6 heteroatoms. The molecule has 1 aliphatic heterocycles. The van der Waals surface area contributed by atoms with Gasteiger partial charge in [0.2, 0.25) is 11.8 Å². The molecule has 0 radical (unpaired) electrons. The van der Waals surface area contributed by atoms with Crippen LogP contribution >= 0.6 is 0 Å². The summed E-state index contributed by atoms with van der Waals surface area (Å²) in [7, 11) is 1.59. The van der Waals surface area contributed by atoms with Crippen LogP contribution in [0.5, 0.6) is 5.75 Å². The minimum atomic E-state index is -1.35. The monoisotopic (exact) mass is 434 g/mol. The third kappa shape index (κ3) is 4.54. The van der Waals surface area contributed by atoms with Gasteiger partial charge in [-0.3, -0.25) is 14.4 Å². The van der Waals surface area contributed by atoms with E-state index in [0.29, 0.717) is 23.8 Å². The van der Waals surface area contributed by atoms with Gasteiger partial charge in [0.25, 0.3) is 0 Å². The van der Waals surface area contributed by atoms with E-state index >= 15 is 0 Å². The molecule has 2 amide bonds. The quantitative estimate of drug-likeness (QED) is 0.673. The van der Waals surface area contributed by atoms with Gasteiger partial charge in [-0.05, 0) is 61.1 Å². The number of hydrogen-bond donors (Lipinski definition) is 2. The maximum atomic E-state index is 13.1. The fourth-order valence-corrected chi connectivity index (χ4v) is 4.85. The van der Waals surface area contributed by atoms with Gasteiger partial charge in [0.1, 0.15) is 11.3 Å². The molecule has 32 heavy (non-hydrogen) atoms. The summed E-state index contributed by atoms with van der Waals surface area (Å²) in [5, 5.41) is 5.50. The average Bonchev–Trinajstić information content (AvgIpc) is 3.03. The Bertz CT molecular complexity index is 993. The van der Waals surface area contributed by atoms with Crippen LogP contribution in [0.3, 0.4) is 0 Å². The van der Waals surface area contributed by atoms with Crippen molar-refractivity contribution >= 4 is 23.3 Å². The lowest BCUT2D eigenvalue weighted by Crippen LogP contribution is -2.45. The lowest BCUT2D eigenvalue weighted by Gasteiger charge is -2.22. The average molecular weight is 435 g/mol. The normalized spacial score (nSPS) is 23.6. The summed E-state index contributed by atoms with van der Waals surface area (Å²) < 4.78 is 5.16. The molecule has 2 aromatic rings. The molecule has 0 spiro atoms. The molecule has 1 saturated heterocycles. The number of Topliss-reactive ketones (excluding diaryl/α,β-unsaturated/α-hetero) is 1. The van der Waals surface area contributed by atoms with Crippen LogP contribution < -0.4 is 15.4 Å². The summed E-state index contributed by atoms with van der Waals surface area (Å²) in [5.74, 6) is -1.61. The highest BCUT2D eigenvalue weighted by Gasteiger charge is 2.52. The second kappa shape index (κ2) is 9.15. The van der Waals surface area contributed by atoms with Crippen LogP contribution in [0.1, 0.15) is 56.1 Å². The fourth-order valence-electron chi connectivity index (χ4n) is 4.85. The zero-order valence-corrected chi connectivity index (χ0v) is 18.6. The first-order chi connectivity index (χ1) is 15.4. The van der Waals surface area contributed by atoms with Crippen LogP contribution in [0.2, 0.25) is 0 Å². The smallest absolute Gasteiger partial charge is 0.244 e. The maximum Gasteiger partial charge on any atom is 0.244 e. The van der Waals surface area contributed by atoms with E-state index in [2.05, 4.69) is 10.6 Å². The Morgan fingerprint density at radius 3 is 2.31 bits per heavy atom. The summed E-state index contributed by atoms with van der Waals surface area (Å²) in [6.45, 7) is 1.67. The van der Waals surface area contributed by atoms with Crippen molar-refractivity contribution in [2.24, 2.45) is 5.92 Å². The highest BCUT2D eigenvalue weighted by atomic mass is 16.5. The Morgan fingerprint density at radius 1 is 1.03 bits per heavy atom. The van der Waals surface area contributed by atoms with Gasteiger partial charge in [-0.1, -0.05) is 43.5 Å². The molecule has 2 aromatic carbocycles. The van der Waals surface area contributed by atoms with Crippen molar-refractivity contribution in [1.82, 2.24) is 5.32 Å². The molecule has 0 bridgehead atoms. The molecule has 0 aromatic heterocycles. The summed E-state index contributed by atoms with van der Waals surface area (Å²) in [5.41, 5.74) is 1.63. The first kappa shape index (κ1) is 22.1. The van der Waals surface area contributed by atoms with Crippen molar-refractivity contribution in [3.05, 3.63) is 59.7 Å². The number of amides is 2. The van der Waals surface area contributed by atoms with E-state index in [4.69, 9.17) is 4.74 Å². The molecule has 168 valence electrons. The van der Waals surface area contributed by atoms with E-state index in [1.54, 1.807) is 26.2 Å². The van der Waals surface area contributed by atoms with Crippen LogP contribution in [0.4, 0.5) is 5.69 Å². The Balaban J connectivity index is 1.41. The highest BCUT2D eigenvalue weighted by Crippen LogP contribution is 2.33. The summed E-state index contributed by atoms with van der Waals surface area (Å²) in [6.07, 6.45) is 6.54. The van der Waals surface area contributed by atoms with E-state index in [1.165, 1.54) is 37.7 Å². The van der Waals surface area contributed by atoms with Gasteiger partial charge in [0.05, 0.1) is 7.11 Å². The van der Waals surface area contributed by atoms with Crippen molar-refractivity contribution < 1.29 is 19.1 Å². The molecule has 6 nitrogen and oxygen atoms in total. The van der Waals surface area contributed by atoms with Gasteiger partial charge in [0.15, 0.2) is 11.7 Å². The van der Waals surface area contributed by atoms with Gasteiger partial charge in [0, 0.05) is 12.1 Å². The minimum absolute atomic E-state index is 0.307. The van der Waals surface area contributed by atoms with Gasteiger partial charge >= 0.3 is 0 Å². The lowest BCUT2D eigenvalue weighted by atomic mass is 9.84. The number of carbonyl (C=O) groups excluding carboxylic acids is 3. The molecule has 2 unspecified atom stereocenters. The predicted molar refractivity (Wildman–Crippen MR) is 123 cm³/mol. The number of ether oxygens (including phenoxy) is 1. The molecule has 1 saturated carbocycles. The van der Waals surface area contributed by atoms with Crippen molar-refractivity contribution in [3.63, 3.8) is 0 Å². The second-order valence-corrected chi connectivity index (χ2v) is 9.09. The van der Waals surface area contributed by atoms with Gasteiger partial charge in [-0.2, -0.15) is 0 Å². The Labute approximate surface area is 188 Å². The first-order valence-corrected chi connectivity index (χ1v) is 11.3. The SMILES string of the molecule is COc1ccc(CC2(C)NC(=O)C(C(=O)Nc3ccc(C4CCCCC4)cc3)C2=O)cc1. The number of benzene rings is 2. The number of nitrogens with one attached hydrogen (secondary N) is 2. The lowest BCUT2D eigenvalue weighted by molar-refractivity contribution is -0.135. The number of hydrogen-bond acceptors (Lipinski definition) is 4. The van der Waals surface area contributed by atoms with E-state index in [1.807, 2.05) is 36.4 Å². The predicted octanol–water partition coefficient (Wildman–Crippen LogP) is 4.00. The van der Waals surface area contributed by atoms with Crippen LogP contribution in [0, 0.1) is 5.92 Å². The number of methoxy groups -OCH3 is 1. The number of carbonyl (C=O) groups is 3. The van der Waals surface area contributed by atoms with Crippen molar-refractivity contribution in [2.45, 2.75) is 56.9 Å². The minimum Gasteiger partial charge on any atom is -0.497 e. The van der Waals surface area contributed by atoms with E-state index in [-0.39, 0.29) is 0 Å². The fraction of sp³-hybridized carbons (Fsp3) is 0.423. The van der Waals surface area contributed by atoms with Gasteiger partial charge < -0.3 is 15.4 Å². The van der Waals surface area contributed by atoms with Crippen molar-refractivity contribution in [1.29, 1.82) is 0 Å². The largest absolute Gasteiger partial charge is 0.497 e. The standard InChI is InChI=1S/C26H30N2O4/c1-26(16-17-8-14-21(32-2)15-9-17)23(29)22(25(31)28-26)24(30)27-20-12-10-19(11-13-20)18-6-4-3-5-7-18/h8-15,18,22H,3-7,16H2,1-2H3,(H,27,30)(H,28,31). The molecule has 2 aliphatic rings. The van der Waals surface area contributed by atoms with Crippen LogP contribution in [-0.4, -0.2) is 30.2 Å². The molecule has 1 aliphatic carbocycles. The third-order valence-corrected chi connectivity index (χ3v) is 6.70. The molecule has 2 atom stereocenters. The first-order valence-electron chi connectivity index (χ1n) is 11.3. The molecular formula is C26H30N2O4. The summed E-state index contributed by atoms with van der Waals surface area (Å²) >= 11 is 0. The Hall–Kier alpha value is -3.15. The molecule has 4 rings (SSSR count). The van der Waals surface area contributed by atoms with Gasteiger partial charge in [-0.15, -0.1) is 0 Å². The van der Waals surface area contributed by atoms with Crippen molar-refractivity contribution in [2.75, 3.05) is 12.4 Å². The number of anilines is 1. The van der Waals surface area contributed by atoms with Crippen LogP contribution in [-0.2, 0) is 20.8 Å². The zero-order valence-electron chi connectivity index (χ0n) is 18.6. The second-order valence-electron chi connectivity index (χ2n) is 9.09. The Morgan fingerprint density at radius 2 is 1.69 bits per heavy atom. The van der Waals surface area contributed by atoms with Crippen LogP contribution in [0.15, 0.2) is 48.5 Å². The molecular weight excluding hydrogens is 404 g/mol. The topological polar surface area (TPSA) is 84.5 Å². The highest BCUT2D eigenvalue weighted by molar-refractivity contribution is 6.27. The van der Waals surface area contributed by atoms with Gasteiger partial charge in [-0.25, -0.2) is 0 Å². The third-order valence-electron chi connectivity index (χ3n) is 6.70. The van der Waals surface area contributed by atoms with Crippen LogP contribution in [0.25, 0.3) is 0 Å². The maximum absolute atomic E-state index is 13.1. The van der Waals surface area contributed by atoms with E-state index in [0.717, 1.165) is 5.56 Å². The van der Waals surface area contributed by atoms with E-state index < -0.39 is 29.1 Å².